The van der Waals surface area contributed by atoms with Crippen molar-refractivity contribution in [3.63, 3.8) is 0 Å². The fourth-order valence-corrected chi connectivity index (χ4v) is 2.77. The lowest BCUT2D eigenvalue weighted by molar-refractivity contribution is 0.238. The van der Waals surface area contributed by atoms with Gasteiger partial charge in [0.05, 0.1) is 18.5 Å². The summed E-state index contributed by atoms with van der Waals surface area (Å²) >= 11 is 0. The maximum Gasteiger partial charge on any atom is 0.123 e. The number of hydrogen-bond donors (Lipinski definition) is 1. The molecule has 0 bridgehead atoms. The molecular formula is C20H22N4O. The largest absolute Gasteiger partial charge is 0.496 e. The van der Waals surface area contributed by atoms with Gasteiger partial charge in [-0.05, 0) is 42.5 Å². The van der Waals surface area contributed by atoms with Crippen LogP contribution in [-0.2, 0) is 19.6 Å². The van der Waals surface area contributed by atoms with Crippen LogP contribution < -0.4 is 10.5 Å². The van der Waals surface area contributed by atoms with Gasteiger partial charge in [-0.1, -0.05) is 12.1 Å². The van der Waals surface area contributed by atoms with Crippen molar-refractivity contribution in [2.75, 3.05) is 12.8 Å². The fourth-order valence-electron chi connectivity index (χ4n) is 2.77. The molecule has 128 valence electrons. The minimum absolute atomic E-state index is 0.696. The second-order valence-electron chi connectivity index (χ2n) is 5.86. The summed E-state index contributed by atoms with van der Waals surface area (Å²) in [7, 11) is 1.68. The number of methoxy groups -OCH3 is 1. The molecule has 5 heteroatoms. The van der Waals surface area contributed by atoms with Crippen molar-refractivity contribution < 1.29 is 4.74 Å². The Labute approximate surface area is 148 Å². The van der Waals surface area contributed by atoms with Gasteiger partial charge in [-0.25, -0.2) is 0 Å². The Morgan fingerprint density at radius 2 is 1.52 bits per heavy atom. The molecule has 3 rings (SSSR count). The van der Waals surface area contributed by atoms with E-state index in [1.807, 2.05) is 67.0 Å². The molecule has 2 aromatic heterocycles. The number of hydrogen-bond acceptors (Lipinski definition) is 5. The van der Waals surface area contributed by atoms with Gasteiger partial charge in [0.25, 0.3) is 0 Å². The quantitative estimate of drug-likeness (QED) is 0.672. The third-order valence-corrected chi connectivity index (χ3v) is 3.92. The number of ether oxygens (including phenoxy) is 1. The van der Waals surface area contributed by atoms with Crippen molar-refractivity contribution in [2.24, 2.45) is 0 Å². The average molecular weight is 334 g/mol. The van der Waals surface area contributed by atoms with Crippen molar-refractivity contribution in [2.45, 2.75) is 19.6 Å². The molecule has 0 aliphatic heterocycles. The van der Waals surface area contributed by atoms with E-state index in [2.05, 4.69) is 14.9 Å². The zero-order chi connectivity index (χ0) is 17.5. The van der Waals surface area contributed by atoms with E-state index in [-0.39, 0.29) is 0 Å². The van der Waals surface area contributed by atoms with Crippen molar-refractivity contribution in [1.29, 1.82) is 0 Å². The summed E-state index contributed by atoms with van der Waals surface area (Å²) < 4.78 is 5.49. The van der Waals surface area contributed by atoms with Gasteiger partial charge in [0.15, 0.2) is 0 Å². The lowest BCUT2D eigenvalue weighted by Crippen LogP contribution is -2.23. The van der Waals surface area contributed by atoms with Gasteiger partial charge < -0.3 is 10.5 Å². The second kappa shape index (κ2) is 8.26. The molecule has 25 heavy (non-hydrogen) atoms. The van der Waals surface area contributed by atoms with E-state index >= 15 is 0 Å². The van der Waals surface area contributed by atoms with Crippen molar-refractivity contribution in [3.8, 4) is 5.75 Å². The van der Waals surface area contributed by atoms with Crippen LogP contribution in [0.1, 0.15) is 17.0 Å². The molecule has 0 fully saturated rings. The number of nitrogens with two attached hydrogens (primary N) is 1. The van der Waals surface area contributed by atoms with Crippen LogP contribution >= 0.6 is 0 Å². The Hall–Kier alpha value is -2.92. The standard InChI is InChI=1S/C20H22N4O/c1-25-20-9-8-17(21)12-16(20)13-24(14-18-6-2-4-10-22-18)15-19-7-3-5-11-23-19/h2-12H,13-15,21H2,1H3. The summed E-state index contributed by atoms with van der Waals surface area (Å²) in [5, 5.41) is 0. The average Bonchev–Trinajstić information content (AvgIpc) is 2.63. The van der Waals surface area contributed by atoms with E-state index in [0.29, 0.717) is 6.54 Å². The van der Waals surface area contributed by atoms with Crippen LogP contribution in [0.3, 0.4) is 0 Å². The molecule has 0 amide bonds. The highest BCUT2D eigenvalue weighted by atomic mass is 16.5. The number of nitrogen functional groups attached to an aromatic ring is 1. The topological polar surface area (TPSA) is 64.3 Å². The van der Waals surface area contributed by atoms with Crippen LogP contribution in [0, 0.1) is 0 Å². The van der Waals surface area contributed by atoms with E-state index in [1.54, 1.807) is 7.11 Å². The SMILES string of the molecule is COc1ccc(N)cc1CN(Cc1ccccn1)Cc1ccccn1. The van der Waals surface area contributed by atoms with Crippen LogP contribution in [0.4, 0.5) is 5.69 Å². The third-order valence-electron chi connectivity index (χ3n) is 3.92. The summed E-state index contributed by atoms with van der Waals surface area (Å²) in [5.74, 6) is 0.834. The van der Waals surface area contributed by atoms with E-state index in [1.165, 1.54) is 0 Å². The Bertz CT molecular complexity index is 752. The molecule has 0 radical (unpaired) electrons. The first-order valence-electron chi connectivity index (χ1n) is 8.19. The number of rotatable bonds is 7. The lowest BCUT2D eigenvalue weighted by Gasteiger charge is -2.23. The molecule has 2 heterocycles. The molecule has 2 N–H and O–H groups in total. The number of pyridine rings is 2. The van der Waals surface area contributed by atoms with E-state index < -0.39 is 0 Å². The Morgan fingerprint density at radius 1 is 0.880 bits per heavy atom. The molecule has 1 aromatic carbocycles. The van der Waals surface area contributed by atoms with Crippen LogP contribution in [0.15, 0.2) is 67.0 Å². The molecule has 0 saturated heterocycles. The highest BCUT2D eigenvalue weighted by Crippen LogP contribution is 2.24. The molecule has 0 atom stereocenters. The lowest BCUT2D eigenvalue weighted by atomic mass is 10.1. The van der Waals surface area contributed by atoms with Gasteiger partial charge in [-0.3, -0.25) is 14.9 Å². The predicted molar refractivity (Wildman–Crippen MR) is 98.8 cm³/mol. The summed E-state index contributed by atoms with van der Waals surface area (Å²) in [6.07, 6.45) is 3.63. The maximum atomic E-state index is 5.96. The highest BCUT2D eigenvalue weighted by Gasteiger charge is 2.13. The summed E-state index contributed by atoms with van der Waals surface area (Å²) in [6, 6.07) is 17.6. The highest BCUT2D eigenvalue weighted by molar-refractivity contribution is 5.47. The Morgan fingerprint density at radius 3 is 2.04 bits per heavy atom. The van der Waals surface area contributed by atoms with Gasteiger partial charge in [0, 0.05) is 43.3 Å². The summed E-state index contributed by atoms with van der Waals surface area (Å²) in [5.41, 5.74) is 9.77. The van der Waals surface area contributed by atoms with E-state index in [0.717, 1.165) is 41.5 Å². The van der Waals surface area contributed by atoms with E-state index in [4.69, 9.17) is 10.5 Å². The zero-order valence-electron chi connectivity index (χ0n) is 14.3. The summed E-state index contributed by atoms with van der Waals surface area (Å²) in [4.78, 5) is 11.2. The number of aromatic nitrogens is 2. The normalized spacial score (nSPS) is 10.8. The molecule has 0 aliphatic rings. The molecule has 0 saturated carbocycles. The van der Waals surface area contributed by atoms with Crippen LogP contribution in [-0.4, -0.2) is 22.0 Å². The third kappa shape index (κ3) is 4.78. The summed E-state index contributed by atoms with van der Waals surface area (Å²) in [6.45, 7) is 2.13. The Balaban J connectivity index is 1.84. The molecule has 3 aromatic rings. The zero-order valence-corrected chi connectivity index (χ0v) is 14.3. The Kier molecular flexibility index (Phi) is 5.59. The van der Waals surface area contributed by atoms with Gasteiger partial charge in [-0.2, -0.15) is 0 Å². The second-order valence-corrected chi connectivity index (χ2v) is 5.86. The molecule has 0 spiro atoms. The molecular weight excluding hydrogens is 312 g/mol. The fraction of sp³-hybridized carbons (Fsp3) is 0.200. The van der Waals surface area contributed by atoms with Crippen molar-refractivity contribution in [1.82, 2.24) is 14.9 Å². The minimum Gasteiger partial charge on any atom is -0.496 e. The number of nitrogens with zero attached hydrogens (tertiary/aromatic N) is 3. The van der Waals surface area contributed by atoms with E-state index in [9.17, 15) is 0 Å². The van der Waals surface area contributed by atoms with Crippen molar-refractivity contribution in [3.05, 3.63) is 83.9 Å². The van der Waals surface area contributed by atoms with Crippen LogP contribution in [0.25, 0.3) is 0 Å². The van der Waals surface area contributed by atoms with Gasteiger partial charge in [0.1, 0.15) is 5.75 Å². The molecule has 0 unspecified atom stereocenters. The van der Waals surface area contributed by atoms with Crippen LogP contribution in [0.2, 0.25) is 0 Å². The molecule has 0 aliphatic carbocycles. The predicted octanol–water partition coefficient (Wildman–Crippen LogP) is 3.27. The van der Waals surface area contributed by atoms with Gasteiger partial charge >= 0.3 is 0 Å². The smallest absolute Gasteiger partial charge is 0.123 e. The molecule has 5 nitrogen and oxygen atoms in total. The van der Waals surface area contributed by atoms with Gasteiger partial charge in [-0.15, -0.1) is 0 Å². The maximum absolute atomic E-state index is 5.96. The number of benzene rings is 1. The van der Waals surface area contributed by atoms with Crippen molar-refractivity contribution >= 4 is 5.69 Å². The van der Waals surface area contributed by atoms with Crippen LogP contribution in [0.5, 0.6) is 5.75 Å². The number of anilines is 1. The first kappa shape index (κ1) is 16.9. The van der Waals surface area contributed by atoms with Gasteiger partial charge in [0.2, 0.25) is 0 Å². The monoisotopic (exact) mass is 334 g/mol. The first-order chi connectivity index (χ1) is 12.2. The first-order valence-corrected chi connectivity index (χ1v) is 8.19. The minimum atomic E-state index is 0.696.